The van der Waals surface area contributed by atoms with Gasteiger partial charge in [0, 0.05) is 12.6 Å². The van der Waals surface area contributed by atoms with Gasteiger partial charge >= 0.3 is 0 Å². The van der Waals surface area contributed by atoms with Crippen LogP contribution < -0.4 is 0 Å². The first-order chi connectivity index (χ1) is 12.1. The maximum absolute atomic E-state index is 13.4. The number of carbonyl (C=O) groups excluding carboxylic acids is 2. The van der Waals surface area contributed by atoms with Gasteiger partial charge in [0.15, 0.2) is 0 Å². The van der Waals surface area contributed by atoms with Crippen LogP contribution in [-0.2, 0) is 9.59 Å². The van der Waals surface area contributed by atoms with Gasteiger partial charge < -0.3 is 9.80 Å². The second-order valence-electron chi connectivity index (χ2n) is 7.51. The number of hydrogen-bond donors (Lipinski definition) is 0. The van der Waals surface area contributed by atoms with Crippen molar-refractivity contribution in [2.75, 3.05) is 13.1 Å². The molecule has 136 valence electrons. The van der Waals surface area contributed by atoms with Crippen LogP contribution in [0.3, 0.4) is 0 Å². The summed E-state index contributed by atoms with van der Waals surface area (Å²) in [6, 6.07) is 7.85. The largest absolute Gasteiger partial charge is 0.328 e. The van der Waals surface area contributed by atoms with Gasteiger partial charge in [0.25, 0.3) is 5.91 Å². The zero-order valence-electron chi connectivity index (χ0n) is 15.5. The first kappa shape index (κ1) is 18.0. The van der Waals surface area contributed by atoms with Crippen LogP contribution in [0.5, 0.6) is 0 Å². The number of hydrogen-bond acceptors (Lipinski definition) is 2. The summed E-state index contributed by atoms with van der Waals surface area (Å²) < 4.78 is 0. The van der Waals surface area contributed by atoms with Crippen molar-refractivity contribution in [2.45, 2.75) is 70.9 Å². The summed E-state index contributed by atoms with van der Waals surface area (Å²) in [5.41, 5.74) is 2.11. The van der Waals surface area contributed by atoms with Gasteiger partial charge in [-0.3, -0.25) is 9.59 Å². The highest BCUT2D eigenvalue weighted by Crippen LogP contribution is 2.32. The zero-order chi connectivity index (χ0) is 17.8. The summed E-state index contributed by atoms with van der Waals surface area (Å²) in [6.07, 6.45) is 7.75. The molecular formula is C21H30N2O2. The lowest BCUT2D eigenvalue weighted by atomic mass is 9.97. The molecule has 1 heterocycles. The molecule has 2 amide bonds. The maximum atomic E-state index is 13.4. The fourth-order valence-corrected chi connectivity index (χ4v) is 4.19. The molecule has 3 rings (SSSR count). The molecule has 0 bridgehead atoms. The highest BCUT2D eigenvalue weighted by Gasteiger charge is 2.42. The molecule has 0 unspecified atom stereocenters. The van der Waals surface area contributed by atoms with E-state index in [1.165, 1.54) is 18.4 Å². The van der Waals surface area contributed by atoms with Crippen molar-refractivity contribution in [1.82, 2.24) is 9.80 Å². The van der Waals surface area contributed by atoms with Crippen LogP contribution >= 0.6 is 0 Å². The monoisotopic (exact) mass is 342 g/mol. The van der Waals surface area contributed by atoms with Crippen molar-refractivity contribution in [3.63, 3.8) is 0 Å². The molecule has 1 saturated heterocycles. The smallest absolute Gasteiger partial charge is 0.250 e. The average molecular weight is 342 g/mol. The van der Waals surface area contributed by atoms with Gasteiger partial charge in [0.2, 0.25) is 5.91 Å². The Morgan fingerprint density at radius 3 is 2.24 bits per heavy atom. The number of carbonyl (C=O) groups is 2. The van der Waals surface area contributed by atoms with Crippen LogP contribution in [0.4, 0.5) is 0 Å². The Morgan fingerprint density at radius 1 is 1.00 bits per heavy atom. The molecule has 1 aromatic carbocycles. The Labute approximate surface area is 151 Å². The third kappa shape index (κ3) is 3.88. The number of nitrogens with zero attached hydrogens (tertiary/aromatic N) is 2. The molecule has 0 spiro atoms. The van der Waals surface area contributed by atoms with Gasteiger partial charge in [-0.1, -0.05) is 62.4 Å². The molecule has 1 aliphatic carbocycles. The van der Waals surface area contributed by atoms with Crippen molar-refractivity contribution in [1.29, 1.82) is 0 Å². The zero-order valence-corrected chi connectivity index (χ0v) is 15.5. The lowest BCUT2D eigenvalue weighted by molar-refractivity contribution is -0.158. The summed E-state index contributed by atoms with van der Waals surface area (Å²) >= 11 is 0. The molecule has 1 saturated carbocycles. The van der Waals surface area contributed by atoms with Crippen molar-refractivity contribution in [3.8, 4) is 0 Å². The Bertz CT molecular complexity index is 603. The van der Waals surface area contributed by atoms with Crippen molar-refractivity contribution in [2.24, 2.45) is 0 Å². The Kier molecular flexibility index (Phi) is 5.77. The Balaban J connectivity index is 1.90. The number of rotatable bonds is 4. The summed E-state index contributed by atoms with van der Waals surface area (Å²) in [5.74, 6) is 0.208. The fourth-order valence-electron chi connectivity index (χ4n) is 4.19. The molecule has 2 fully saturated rings. The molecule has 0 aromatic heterocycles. The van der Waals surface area contributed by atoms with E-state index in [9.17, 15) is 9.59 Å². The molecule has 25 heavy (non-hydrogen) atoms. The highest BCUT2D eigenvalue weighted by molar-refractivity contribution is 5.95. The predicted molar refractivity (Wildman–Crippen MR) is 99.1 cm³/mol. The number of aryl methyl sites for hydroxylation is 1. The molecule has 1 atom stereocenters. The van der Waals surface area contributed by atoms with Crippen molar-refractivity contribution < 1.29 is 9.59 Å². The second-order valence-corrected chi connectivity index (χ2v) is 7.51. The normalized spacial score (nSPS) is 23.0. The Morgan fingerprint density at radius 2 is 1.64 bits per heavy atom. The minimum absolute atomic E-state index is 0.0938. The molecule has 4 nitrogen and oxygen atoms in total. The molecular weight excluding hydrogens is 312 g/mol. The van der Waals surface area contributed by atoms with E-state index >= 15 is 0 Å². The quantitative estimate of drug-likeness (QED) is 0.780. The van der Waals surface area contributed by atoms with E-state index in [2.05, 4.69) is 6.92 Å². The van der Waals surface area contributed by atoms with Crippen LogP contribution in [-0.4, -0.2) is 40.7 Å². The third-order valence-electron chi connectivity index (χ3n) is 5.58. The van der Waals surface area contributed by atoms with E-state index in [1.54, 1.807) is 4.90 Å². The van der Waals surface area contributed by atoms with E-state index in [0.717, 1.165) is 37.7 Å². The number of piperazine rings is 1. The highest BCUT2D eigenvalue weighted by atomic mass is 16.2. The molecule has 0 N–H and O–H groups in total. The number of benzene rings is 1. The van der Waals surface area contributed by atoms with Gasteiger partial charge in [0.05, 0.1) is 0 Å². The van der Waals surface area contributed by atoms with Crippen molar-refractivity contribution >= 4 is 11.8 Å². The summed E-state index contributed by atoms with van der Waals surface area (Å²) in [6.45, 7) is 4.99. The van der Waals surface area contributed by atoms with Crippen LogP contribution in [0, 0.1) is 6.92 Å². The van der Waals surface area contributed by atoms with Gasteiger partial charge in [-0.05, 0) is 31.7 Å². The first-order valence-corrected chi connectivity index (χ1v) is 9.78. The lowest BCUT2D eigenvalue weighted by Crippen LogP contribution is -2.58. The van der Waals surface area contributed by atoms with Gasteiger partial charge in [-0.25, -0.2) is 0 Å². The van der Waals surface area contributed by atoms with Crippen LogP contribution in [0.15, 0.2) is 24.3 Å². The standard InChI is InChI=1S/C21H30N2O2/c1-3-14-22-19(24)15-23(18-8-6-4-5-7-9-18)21(25)20(22)17-12-10-16(2)11-13-17/h10-13,18,20H,3-9,14-15H2,1-2H3/t20-/m1/s1. The van der Waals surface area contributed by atoms with Gasteiger partial charge in [-0.2, -0.15) is 0 Å². The van der Waals surface area contributed by atoms with Crippen LogP contribution in [0.1, 0.15) is 69.0 Å². The van der Waals surface area contributed by atoms with Crippen LogP contribution in [0.2, 0.25) is 0 Å². The third-order valence-corrected chi connectivity index (χ3v) is 5.58. The molecule has 0 radical (unpaired) electrons. The van der Waals surface area contributed by atoms with E-state index in [0.29, 0.717) is 6.54 Å². The topological polar surface area (TPSA) is 40.6 Å². The lowest BCUT2D eigenvalue weighted by Gasteiger charge is -2.43. The summed E-state index contributed by atoms with van der Waals surface area (Å²) in [7, 11) is 0. The Hall–Kier alpha value is -1.84. The van der Waals surface area contributed by atoms with Crippen LogP contribution in [0.25, 0.3) is 0 Å². The molecule has 1 aliphatic heterocycles. The predicted octanol–water partition coefficient (Wildman–Crippen LogP) is 3.84. The molecule has 2 aliphatic rings. The fraction of sp³-hybridized carbons (Fsp3) is 0.619. The number of amides is 2. The van der Waals surface area contributed by atoms with E-state index in [-0.39, 0.29) is 24.4 Å². The SMILES string of the molecule is CCCN1C(=O)CN(C2CCCCCC2)C(=O)[C@H]1c1ccc(C)cc1. The summed E-state index contributed by atoms with van der Waals surface area (Å²) in [5, 5.41) is 0. The van der Waals surface area contributed by atoms with E-state index < -0.39 is 6.04 Å². The minimum atomic E-state index is -0.454. The second kappa shape index (κ2) is 8.03. The van der Waals surface area contributed by atoms with Gasteiger partial charge in [-0.15, -0.1) is 0 Å². The first-order valence-electron chi connectivity index (χ1n) is 9.78. The van der Waals surface area contributed by atoms with E-state index in [4.69, 9.17) is 0 Å². The minimum Gasteiger partial charge on any atom is -0.328 e. The molecule has 1 aromatic rings. The maximum Gasteiger partial charge on any atom is 0.250 e. The van der Waals surface area contributed by atoms with Crippen molar-refractivity contribution in [3.05, 3.63) is 35.4 Å². The van der Waals surface area contributed by atoms with E-state index in [1.807, 2.05) is 36.1 Å². The summed E-state index contributed by atoms with van der Waals surface area (Å²) in [4.78, 5) is 29.9. The average Bonchev–Trinajstić information content (AvgIpc) is 2.89. The molecule has 4 heteroatoms. The van der Waals surface area contributed by atoms with Gasteiger partial charge in [0.1, 0.15) is 12.6 Å².